The standard InChI is InChI=1S/C25H35N3O4/c1-7-31-21(29)11-14-26-20-10-8-9-19-22(17(2)27(6)23(19)20)18-12-15-28(16-13-18)24(30)32-25(3,4)5/h8-10,12,26H,7,11,13-16H2,1-6H3. The highest BCUT2D eigenvalue weighted by atomic mass is 16.6. The maximum atomic E-state index is 12.4. The highest BCUT2D eigenvalue weighted by Gasteiger charge is 2.26. The lowest BCUT2D eigenvalue weighted by atomic mass is 9.96. The third-order valence-corrected chi connectivity index (χ3v) is 5.64. The predicted molar refractivity (Wildman–Crippen MR) is 128 cm³/mol. The molecule has 0 unspecified atom stereocenters. The fourth-order valence-electron chi connectivity index (χ4n) is 4.11. The summed E-state index contributed by atoms with van der Waals surface area (Å²) in [5, 5.41) is 4.56. The largest absolute Gasteiger partial charge is 0.466 e. The van der Waals surface area contributed by atoms with Crippen molar-refractivity contribution in [3.05, 3.63) is 35.5 Å². The number of aromatic nitrogens is 1. The van der Waals surface area contributed by atoms with Crippen molar-refractivity contribution in [2.24, 2.45) is 7.05 Å². The van der Waals surface area contributed by atoms with Crippen LogP contribution in [0.15, 0.2) is 24.3 Å². The molecular weight excluding hydrogens is 406 g/mol. The summed E-state index contributed by atoms with van der Waals surface area (Å²) >= 11 is 0. The van der Waals surface area contributed by atoms with E-state index < -0.39 is 5.60 Å². The van der Waals surface area contributed by atoms with E-state index in [1.165, 1.54) is 22.2 Å². The van der Waals surface area contributed by atoms with Crippen molar-refractivity contribution < 1.29 is 19.1 Å². The number of anilines is 1. The second-order valence-corrected chi connectivity index (χ2v) is 9.11. The number of carbonyl (C=O) groups excluding carboxylic acids is 2. The third-order valence-electron chi connectivity index (χ3n) is 5.64. The number of hydrogen-bond acceptors (Lipinski definition) is 5. The summed E-state index contributed by atoms with van der Waals surface area (Å²) in [7, 11) is 2.06. The zero-order valence-electron chi connectivity index (χ0n) is 20.1. The molecule has 2 aromatic rings. The van der Waals surface area contributed by atoms with Crippen LogP contribution in [0, 0.1) is 6.92 Å². The highest BCUT2D eigenvalue weighted by Crippen LogP contribution is 2.37. The van der Waals surface area contributed by atoms with Gasteiger partial charge >= 0.3 is 12.1 Å². The summed E-state index contributed by atoms with van der Waals surface area (Å²) in [5.74, 6) is -0.196. The van der Waals surface area contributed by atoms with Gasteiger partial charge in [-0.3, -0.25) is 4.79 Å². The molecule has 0 bridgehead atoms. The molecule has 2 heterocycles. The van der Waals surface area contributed by atoms with Crippen molar-refractivity contribution in [3.63, 3.8) is 0 Å². The van der Waals surface area contributed by atoms with Crippen molar-refractivity contribution in [1.82, 2.24) is 9.47 Å². The second-order valence-electron chi connectivity index (χ2n) is 9.11. The van der Waals surface area contributed by atoms with Crippen LogP contribution in [0.1, 0.15) is 51.8 Å². The Morgan fingerprint density at radius 3 is 2.59 bits per heavy atom. The van der Waals surface area contributed by atoms with Gasteiger partial charge in [-0.1, -0.05) is 18.2 Å². The van der Waals surface area contributed by atoms with E-state index in [-0.39, 0.29) is 12.1 Å². The molecule has 174 valence electrons. The van der Waals surface area contributed by atoms with Crippen LogP contribution in [0.25, 0.3) is 16.5 Å². The van der Waals surface area contributed by atoms with Gasteiger partial charge in [0.1, 0.15) is 5.60 Å². The van der Waals surface area contributed by atoms with Crippen LogP contribution in [0.3, 0.4) is 0 Å². The van der Waals surface area contributed by atoms with Crippen LogP contribution in [-0.2, 0) is 21.3 Å². The predicted octanol–water partition coefficient (Wildman–Crippen LogP) is 4.88. The van der Waals surface area contributed by atoms with E-state index in [0.29, 0.717) is 32.7 Å². The van der Waals surface area contributed by atoms with Crippen molar-refractivity contribution in [1.29, 1.82) is 0 Å². The van der Waals surface area contributed by atoms with Crippen LogP contribution >= 0.6 is 0 Å². The lowest BCUT2D eigenvalue weighted by Gasteiger charge is -2.29. The summed E-state index contributed by atoms with van der Waals surface area (Å²) < 4.78 is 12.7. The van der Waals surface area contributed by atoms with Gasteiger partial charge in [-0.2, -0.15) is 0 Å². The quantitative estimate of drug-likeness (QED) is 0.647. The van der Waals surface area contributed by atoms with Crippen molar-refractivity contribution in [2.75, 3.05) is 31.6 Å². The topological polar surface area (TPSA) is 72.8 Å². The molecule has 1 aliphatic heterocycles. The number of para-hydroxylation sites is 1. The van der Waals surface area contributed by atoms with Crippen LogP contribution < -0.4 is 5.32 Å². The first kappa shape index (κ1) is 23.7. The van der Waals surface area contributed by atoms with Gasteiger partial charge in [-0.25, -0.2) is 4.79 Å². The SMILES string of the molecule is CCOC(=O)CCNc1cccc2c(C3=CCN(C(=O)OC(C)(C)C)CC3)c(C)n(C)c12. The van der Waals surface area contributed by atoms with E-state index in [2.05, 4.69) is 36.0 Å². The number of nitrogens with zero attached hydrogens (tertiary/aromatic N) is 2. The summed E-state index contributed by atoms with van der Waals surface area (Å²) in [4.78, 5) is 25.8. The molecule has 0 saturated carbocycles. The number of carbonyl (C=O) groups is 2. The molecule has 3 rings (SSSR count). The highest BCUT2D eigenvalue weighted by molar-refractivity contribution is 6.01. The van der Waals surface area contributed by atoms with E-state index in [1.54, 1.807) is 4.90 Å². The van der Waals surface area contributed by atoms with Crippen molar-refractivity contribution in [3.8, 4) is 0 Å². The number of fused-ring (bicyclic) bond motifs is 1. The maximum absolute atomic E-state index is 12.4. The van der Waals surface area contributed by atoms with Gasteiger partial charge in [0.2, 0.25) is 0 Å². The first-order valence-corrected chi connectivity index (χ1v) is 11.3. The van der Waals surface area contributed by atoms with E-state index in [1.807, 2.05) is 39.8 Å². The molecule has 0 fully saturated rings. The minimum Gasteiger partial charge on any atom is -0.466 e. The molecule has 1 aromatic heterocycles. The van der Waals surface area contributed by atoms with Gasteiger partial charge in [0, 0.05) is 43.3 Å². The molecule has 0 radical (unpaired) electrons. The molecule has 0 spiro atoms. The van der Waals surface area contributed by atoms with Crippen LogP contribution in [-0.4, -0.2) is 53.4 Å². The summed E-state index contributed by atoms with van der Waals surface area (Å²) in [5.41, 5.74) is 5.26. The summed E-state index contributed by atoms with van der Waals surface area (Å²) in [6.07, 6.45) is 2.97. The Morgan fingerprint density at radius 2 is 1.97 bits per heavy atom. The molecule has 0 saturated heterocycles. The lowest BCUT2D eigenvalue weighted by Crippen LogP contribution is -2.39. The number of ether oxygens (including phenoxy) is 2. The van der Waals surface area contributed by atoms with Crippen molar-refractivity contribution in [2.45, 2.75) is 53.1 Å². The Bertz CT molecular complexity index is 1030. The van der Waals surface area contributed by atoms with Crippen LogP contribution in [0.4, 0.5) is 10.5 Å². The minimum atomic E-state index is -0.496. The van der Waals surface area contributed by atoms with Crippen molar-refractivity contribution >= 4 is 34.2 Å². The fraction of sp³-hybridized carbons (Fsp3) is 0.520. The molecule has 7 nitrogen and oxygen atoms in total. The molecule has 1 aromatic carbocycles. The Kier molecular flexibility index (Phi) is 7.16. The summed E-state index contributed by atoms with van der Waals surface area (Å²) in [6.45, 7) is 11.7. The number of hydrogen-bond donors (Lipinski definition) is 1. The molecule has 1 amide bonds. The Balaban J connectivity index is 1.82. The molecule has 7 heteroatoms. The number of esters is 1. The average Bonchev–Trinajstić information content (AvgIpc) is 2.98. The maximum Gasteiger partial charge on any atom is 0.410 e. The minimum absolute atomic E-state index is 0.196. The Hall–Kier alpha value is -2.96. The number of aryl methyl sites for hydroxylation is 1. The molecule has 0 aliphatic carbocycles. The zero-order chi connectivity index (χ0) is 23.5. The van der Waals surface area contributed by atoms with E-state index >= 15 is 0 Å². The van der Waals surface area contributed by atoms with Gasteiger partial charge in [0.15, 0.2) is 0 Å². The fourth-order valence-corrected chi connectivity index (χ4v) is 4.11. The molecule has 0 atom stereocenters. The number of benzene rings is 1. The smallest absolute Gasteiger partial charge is 0.410 e. The monoisotopic (exact) mass is 441 g/mol. The van der Waals surface area contributed by atoms with Crippen LogP contribution in [0.5, 0.6) is 0 Å². The van der Waals surface area contributed by atoms with Crippen LogP contribution in [0.2, 0.25) is 0 Å². The van der Waals surface area contributed by atoms with E-state index in [9.17, 15) is 9.59 Å². The number of rotatable bonds is 6. The lowest BCUT2D eigenvalue weighted by molar-refractivity contribution is -0.142. The first-order chi connectivity index (χ1) is 15.1. The van der Waals surface area contributed by atoms with Gasteiger partial charge in [-0.05, 0) is 52.7 Å². The molecule has 32 heavy (non-hydrogen) atoms. The van der Waals surface area contributed by atoms with Gasteiger partial charge < -0.3 is 24.3 Å². The zero-order valence-corrected chi connectivity index (χ0v) is 20.1. The molecular formula is C25H35N3O4. The van der Waals surface area contributed by atoms with E-state index in [0.717, 1.165) is 17.6 Å². The van der Waals surface area contributed by atoms with Gasteiger partial charge in [0.25, 0.3) is 0 Å². The molecule has 1 aliphatic rings. The molecule has 1 N–H and O–H groups in total. The average molecular weight is 442 g/mol. The normalized spacial score (nSPS) is 14.3. The number of amides is 1. The Morgan fingerprint density at radius 1 is 1.22 bits per heavy atom. The first-order valence-electron chi connectivity index (χ1n) is 11.3. The second kappa shape index (κ2) is 9.67. The van der Waals surface area contributed by atoms with Gasteiger partial charge in [-0.15, -0.1) is 0 Å². The summed E-state index contributed by atoms with van der Waals surface area (Å²) in [6, 6.07) is 6.21. The third kappa shape index (κ3) is 5.26. The Labute approximate surface area is 190 Å². The van der Waals surface area contributed by atoms with Gasteiger partial charge in [0.05, 0.1) is 24.2 Å². The van der Waals surface area contributed by atoms with E-state index in [4.69, 9.17) is 9.47 Å². The number of nitrogens with one attached hydrogen (secondary N) is 1.